The molecule has 0 radical (unpaired) electrons. The molecule has 0 aliphatic carbocycles. The number of hydrogen-bond donors (Lipinski definition) is 2. The molecule has 1 aliphatic rings. The highest BCUT2D eigenvalue weighted by atomic mass is 16.7. The van der Waals surface area contributed by atoms with Crippen LogP contribution in [0.3, 0.4) is 0 Å². The number of nitrogens with one attached hydrogen (secondary N) is 1. The molecule has 0 spiro atoms. The van der Waals surface area contributed by atoms with E-state index in [1.54, 1.807) is 5.48 Å². The maximum absolute atomic E-state index is 11.1. The molecule has 5 nitrogen and oxygen atoms in total. The summed E-state index contributed by atoms with van der Waals surface area (Å²) in [4.78, 5) is 11.1. The summed E-state index contributed by atoms with van der Waals surface area (Å²) in [6.07, 6.45) is 1.75. The fourth-order valence-electron chi connectivity index (χ4n) is 2.39. The van der Waals surface area contributed by atoms with Gasteiger partial charge in [0.2, 0.25) is 12.7 Å². The molecule has 0 fully saturated rings. The molecule has 1 aliphatic heterocycles. The lowest BCUT2D eigenvalue weighted by Crippen LogP contribution is -2.20. The van der Waals surface area contributed by atoms with Crippen LogP contribution < -0.4 is 15.0 Å². The lowest BCUT2D eigenvalue weighted by molar-refractivity contribution is -0.128. The Morgan fingerprint density at radius 2 is 1.83 bits per heavy atom. The fourth-order valence-corrected chi connectivity index (χ4v) is 2.39. The van der Waals surface area contributed by atoms with Crippen molar-refractivity contribution >= 4 is 5.91 Å². The summed E-state index contributed by atoms with van der Waals surface area (Å²) >= 11 is 0. The van der Waals surface area contributed by atoms with Gasteiger partial charge in [0.25, 0.3) is 0 Å². The van der Waals surface area contributed by atoms with Gasteiger partial charge in [-0.05, 0) is 35.7 Å². The van der Waals surface area contributed by atoms with Gasteiger partial charge in [0.15, 0.2) is 11.5 Å². The Labute approximate surface area is 140 Å². The largest absolute Gasteiger partial charge is 0.454 e. The summed E-state index contributed by atoms with van der Waals surface area (Å²) < 4.78 is 10.6. The monoisotopic (exact) mass is 323 g/mol. The van der Waals surface area contributed by atoms with Gasteiger partial charge in [-0.15, -0.1) is 0 Å². The van der Waals surface area contributed by atoms with Gasteiger partial charge in [-0.2, -0.15) is 0 Å². The molecule has 2 aromatic carbocycles. The smallest absolute Gasteiger partial charge is 0.247 e. The molecule has 0 saturated carbocycles. The highest BCUT2D eigenvalue weighted by Gasteiger charge is 2.12. The van der Waals surface area contributed by atoms with Crippen molar-refractivity contribution in [3.05, 3.63) is 59.2 Å². The lowest BCUT2D eigenvalue weighted by Gasteiger charge is -2.02. The highest BCUT2D eigenvalue weighted by Crippen LogP contribution is 2.32. The number of hydroxylamine groups is 1. The first-order valence-electron chi connectivity index (χ1n) is 7.64. The average molecular weight is 323 g/mol. The van der Waals surface area contributed by atoms with Crippen LogP contribution >= 0.6 is 0 Å². The third kappa shape index (κ3) is 4.06. The third-order valence-electron chi connectivity index (χ3n) is 3.66. The standard InChI is InChI=1S/C19H17NO4/c21-19(20-22)12-16-7-5-14(6-8-16)3-1-2-4-15-9-10-17-18(11-15)24-13-23-17/h5-11,22H,1,3,12-13H2,(H,20,21). The van der Waals surface area contributed by atoms with Crippen molar-refractivity contribution in [1.82, 2.24) is 5.48 Å². The molecule has 122 valence electrons. The van der Waals surface area contributed by atoms with Crippen molar-refractivity contribution in [3.8, 4) is 23.3 Å². The summed E-state index contributed by atoms with van der Waals surface area (Å²) in [5.41, 5.74) is 4.55. The van der Waals surface area contributed by atoms with E-state index in [2.05, 4.69) is 11.8 Å². The van der Waals surface area contributed by atoms with Gasteiger partial charge in [0.05, 0.1) is 6.42 Å². The second kappa shape index (κ2) is 7.53. The number of ether oxygens (including phenoxy) is 2. The van der Waals surface area contributed by atoms with Gasteiger partial charge in [-0.1, -0.05) is 36.1 Å². The number of fused-ring (bicyclic) bond motifs is 1. The normalized spacial score (nSPS) is 11.5. The molecular formula is C19H17NO4. The Morgan fingerprint density at radius 3 is 2.62 bits per heavy atom. The molecule has 24 heavy (non-hydrogen) atoms. The Hall–Kier alpha value is -2.97. The summed E-state index contributed by atoms with van der Waals surface area (Å²) in [5, 5.41) is 8.51. The molecule has 3 rings (SSSR count). The number of carbonyl (C=O) groups excluding carboxylic acids is 1. The maximum atomic E-state index is 11.1. The van der Waals surface area contributed by atoms with E-state index < -0.39 is 5.91 Å². The number of carbonyl (C=O) groups is 1. The third-order valence-corrected chi connectivity index (χ3v) is 3.66. The summed E-state index contributed by atoms with van der Waals surface area (Å²) in [7, 11) is 0. The van der Waals surface area contributed by atoms with Gasteiger partial charge >= 0.3 is 0 Å². The van der Waals surface area contributed by atoms with E-state index in [1.807, 2.05) is 42.5 Å². The van der Waals surface area contributed by atoms with E-state index in [4.69, 9.17) is 14.7 Å². The average Bonchev–Trinajstić information content (AvgIpc) is 3.07. The molecule has 0 saturated heterocycles. The number of benzene rings is 2. The number of rotatable bonds is 4. The molecule has 5 heteroatoms. The predicted octanol–water partition coefficient (Wildman–Crippen LogP) is 2.45. The van der Waals surface area contributed by atoms with Crippen LogP contribution in [0.4, 0.5) is 0 Å². The lowest BCUT2D eigenvalue weighted by atomic mass is 10.1. The minimum absolute atomic E-state index is 0.167. The van der Waals surface area contributed by atoms with Crippen LogP contribution in [-0.4, -0.2) is 17.9 Å². The van der Waals surface area contributed by atoms with Crippen LogP contribution in [-0.2, 0) is 17.6 Å². The van der Waals surface area contributed by atoms with Gasteiger partial charge in [-0.3, -0.25) is 10.0 Å². The molecule has 0 unspecified atom stereocenters. The predicted molar refractivity (Wildman–Crippen MR) is 87.8 cm³/mol. The second-order valence-electron chi connectivity index (χ2n) is 5.40. The van der Waals surface area contributed by atoms with Crippen molar-refractivity contribution in [1.29, 1.82) is 0 Å². The molecule has 2 N–H and O–H groups in total. The second-order valence-corrected chi connectivity index (χ2v) is 5.40. The van der Waals surface area contributed by atoms with Gasteiger partial charge in [0.1, 0.15) is 0 Å². The molecule has 0 bridgehead atoms. The molecule has 1 amide bonds. The van der Waals surface area contributed by atoms with E-state index >= 15 is 0 Å². The molecular weight excluding hydrogens is 306 g/mol. The molecule has 0 atom stereocenters. The summed E-state index contributed by atoms with van der Waals surface area (Å²) in [6.45, 7) is 0.266. The molecule has 1 heterocycles. The first kappa shape index (κ1) is 15.9. The first-order valence-corrected chi connectivity index (χ1v) is 7.64. The van der Waals surface area contributed by atoms with Crippen molar-refractivity contribution in [2.24, 2.45) is 0 Å². The van der Waals surface area contributed by atoms with Crippen molar-refractivity contribution < 1.29 is 19.5 Å². The van der Waals surface area contributed by atoms with Crippen molar-refractivity contribution in [3.63, 3.8) is 0 Å². The van der Waals surface area contributed by atoms with E-state index in [9.17, 15) is 4.79 Å². The van der Waals surface area contributed by atoms with E-state index in [0.717, 1.165) is 41.0 Å². The minimum atomic E-state index is -0.419. The summed E-state index contributed by atoms with van der Waals surface area (Å²) in [5.74, 6) is 7.36. The molecule has 2 aromatic rings. The number of hydrogen-bond acceptors (Lipinski definition) is 4. The van der Waals surface area contributed by atoms with E-state index in [0.29, 0.717) is 0 Å². The number of aryl methyl sites for hydroxylation is 1. The quantitative estimate of drug-likeness (QED) is 0.515. The summed E-state index contributed by atoms with van der Waals surface area (Å²) in [6, 6.07) is 13.4. The van der Waals surface area contributed by atoms with Crippen LogP contribution in [0.25, 0.3) is 0 Å². The zero-order valence-corrected chi connectivity index (χ0v) is 13.0. The van der Waals surface area contributed by atoms with Crippen molar-refractivity contribution in [2.45, 2.75) is 19.3 Å². The van der Waals surface area contributed by atoms with Crippen LogP contribution in [0.2, 0.25) is 0 Å². The fraction of sp³-hybridized carbons (Fsp3) is 0.211. The van der Waals surface area contributed by atoms with Crippen molar-refractivity contribution in [2.75, 3.05) is 6.79 Å². The SMILES string of the molecule is O=C(Cc1ccc(CCC#Cc2ccc3c(c2)OCO3)cc1)NO. The zero-order valence-electron chi connectivity index (χ0n) is 13.0. The highest BCUT2D eigenvalue weighted by molar-refractivity contribution is 5.77. The molecule has 0 aromatic heterocycles. The van der Waals surface area contributed by atoms with E-state index in [-0.39, 0.29) is 13.2 Å². The maximum Gasteiger partial charge on any atom is 0.247 e. The van der Waals surface area contributed by atoms with Crippen LogP contribution in [0, 0.1) is 11.8 Å². The Morgan fingerprint density at radius 1 is 1.08 bits per heavy atom. The number of amides is 1. The minimum Gasteiger partial charge on any atom is -0.454 e. The Bertz CT molecular complexity index is 787. The van der Waals surface area contributed by atoms with Gasteiger partial charge < -0.3 is 9.47 Å². The van der Waals surface area contributed by atoms with Crippen LogP contribution in [0.5, 0.6) is 11.5 Å². The first-order chi connectivity index (χ1) is 11.7. The van der Waals surface area contributed by atoms with Gasteiger partial charge in [0, 0.05) is 12.0 Å². The van der Waals surface area contributed by atoms with Gasteiger partial charge in [-0.25, -0.2) is 5.48 Å². The zero-order chi connectivity index (χ0) is 16.8. The topological polar surface area (TPSA) is 67.8 Å². The Balaban J connectivity index is 1.52. The van der Waals surface area contributed by atoms with E-state index in [1.165, 1.54) is 0 Å². The van der Waals surface area contributed by atoms with Crippen LogP contribution in [0.15, 0.2) is 42.5 Å². The van der Waals surface area contributed by atoms with Crippen LogP contribution in [0.1, 0.15) is 23.1 Å². The Kier molecular flexibility index (Phi) is 4.99.